The summed E-state index contributed by atoms with van der Waals surface area (Å²) in [4.78, 5) is 27.4. The number of halogens is 4. The highest BCUT2D eigenvalue weighted by molar-refractivity contribution is 6.31. The Balaban J connectivity index is 1.86. The summed E-state index contributed by atoms with van der Waals surface area (Å²) < 4.78 is 37.0. The summed E-state index contributed by atoms with van der Waals surface area (Å²) in [6.45, 7) is 1.68. The molecule has 1 aliphatic rings. The van der Waals surface area contributed by atoms with Gasteiger partial charge < -0.3 is 10.2 Å². The van der Waals surface area contributed by atoms with Crippen molar-refractivity contribution in [1.29, 1.82) is 0 Å². The molecule has 1 aliphatic heterocycles. The largest absolute Gasteiger partial charge is 0.389 e. The van der Waals surface area contributed by atoms with Crippen LogP contribution in [0.25, 0.3) is 0 Å². The van der Waals surface area contributed by atoms with Crippen molar-refractivity contribution in [2.24, 2.45) is 0 Å². The minimum Gasteiger partial charge on any atom is -0.354 e. The maximum atomic E-state index is 13.1. The summed E-state index contributed by atoms with van der Waals surface area (Å²) in [6.07, 6.45) is -5.49. The minimum atomic E-state index is -4.28. The summed E-state index contributed by atoms with van der Waals surface area (Å²) in [5.74, 6) is -0.840. The predicted octanol–water partition coefficient (Wildman–Crippen LogP) is 5.06. The van der Waals surface area contributed by atoms with Gasteiger partial charge in [0.05, 0.1) is 6.04 Å². The van der Waals surface area contributed by atoms with Crippen molar-refractivity contribution in [2.45, 2.75) is 38.0 Å². The Labute approximate surface area is 171 Å². The van der Waals surface area contributed by atoms with Crippen LogP contribution in [0.2, 0.25) is 5.02 Å². The minimum absolute atomic E-state index is 0.132. The van der Waals surface area contributed by atoms with E-state index in [9.17, 15) is 22.8 Å². The van der Waals surface area contributed by atoms with Crippen LogP contribution in [-0.2, 0) is 4.79 Å². The van der Waals surface area contributed by atoms with Gasteiger partial charge >= 0.3 is 6.18 Å². The molecule has 0 radical (unpaired) electrons. The van der Waals surface area contributed by atoms with Gasteiger partial charge in [0.15, 0.2) is 0 Å². The van der Waals surface area contributed by atoms with Gasteiger partial charge in [-0.25, -0.2) is 0 Å². The molecule has 2 atom stereocenters. The summed E-state index contributed by atoms with van der Waals surface area (Å²) in [5, 5.41) is 2.91. The van der Waals surface area contributed by atoms with Crippen molar-refractivity contribution >= 4 is 23.4 Å². The molecule has 2 aromatic carbocycles. The van der Waals surface area contributed by atoms with E-state index < -0.39 is 30.6 Å². The molecule has 2 aromatic rings. The van der Waals surface area contributed by atoms with E-state index in [0.717, 1.165) is 5.56 Å². The number of hydrogen-bond acceptors (Lipinski definition) is 2. The molecule has 0 saturated heterocycles. The SMILES string of the molecule is C[C@H](c1ccccc1)N1C(=O)c2ccc(Cl)cc2C1C(=O)NCCCC(F)(F)F. The molecule has 8 heteroatoms. The van der Waals surface area contributed by atoms with E-state index in [2.05, 4.69) is 5.32 Å². The number of rotatable bonds is 6. The van der Waals surface area contributed by atoms with Crippen LogP contribution in [0.15, 0.2) is 48.5 Å². The van der Waals surface area contributed by atoms with Crippen molar-refractivity contribution in [3.63, 3.8) is 0 Å². The molecule has 29 heavy (non-hydrogen) atoms. The van der Waals surface area contributed by atoms with Gasteiger partial charge in [-0.2, -0.15) is 13.2 Å². The zero-order valence-corrected chi connectivity index (χ0v) is 16.4. The molecule has 2 amide bonds. The van der Waals surface area contributed by atoms with Crippen molar-refractivity contribution in [3.8, 4) is 0 Å². The molecule has 1 heterocycles. The third-order valence-corrected chi connectivity index (χ3v) is 5.17. The number of alkyl halides is 3. The van der Waals surface area contributed by atoms with Gasteiger partial charge in [0.1, 0.15) is 6.04 Å². The Morgan fingerprint density at radius 2 is 1.90 bits per heavy atom. The Morgan fingerprint density at radius 1 is 1.21 bits per heavy atom. The Hall–Kier alpha value is -2.54. The third-order valence-electron chi connectivity index (χ3n) is 4.94. The Bertz CT molecular complexity index is 903. The van der Waals surface area contributed by atoms with E-state index in [1.807, 2.05) is 37.3 Å². The average molecular weight is 425 g/mol. The molecule has 1 N–H and O–H groups in total. The summed E-state index contributed by atoms with van der Waals surface area (Å²) in [5.41, 5.74) is 1.67. The lowest BCUT2D eigenvalue weighted by Crippen LogP contribution is -2.40. The van der Waals surface area contributed by atoms with E-state index in [4.69, 9.17) is 11.6 Å². The van der Waals surface area contributed by atoms with Gasteiger partial charge in [-0.15, -0.1) is 0 Å². The van der Waals surface area contributed by atoms with E-state index in [0.29, 0.717) is 16.1 Å². The van der Waals surface area contributed by atoms with Crippen LogP contribution in [0.3, 0.4) is 0 Å². The first-order valence-corrected chi connectivity index (χ1v) is 9.58. The summed E-state index contributed by atoms with van der Waals surface area (Å²) in [7, 11) is 0. The lowest BCUT2D eigenvalue weighted by Gasteiger charge is -2.31. The summed E-state index contributed by atoms with van der Waals surface area (Å²) >= 11 is 6.08. The number of amides is 2. The van der Waals surface area contributed by atoms with Crippen molar-refractivity contribution in [3.05, 3.63) is 70.2 Å². The van der Waals surface area contributed by atoms with E-state index in [1.54, 1.807) is 18.2 Å². The highest BCUT2D eigenvalue weighted by Crippen LogP contribution is 2.41. The number of nitrogens with one attached hydrogen (secondary N) is 1. The standard InChI is InChI=1S/C21H20ClF3N2O2/c1-13(14-6-3-2-4-7-14)27-18(19(28)26-11-5-10-21(23,24)25)17-12-15(22)8-9-16(17)20(27)29/h2-4,6-9,12-13,18H,5,10-11H2,1H3,(H,26,28)/t13-,18?/m1/s1. The molecule has 0 aliphatic carbocycles. The molecule has 0 aromatic heterocycles. The highest BCUT2D eigenvalue weighted by atomic mass is 35.5. The topological polar surface area (TPSA) is 49.4 Å². The van der Waals surface area contributed by atoms with E-state index >= 15 is 0 Å². The quantitative estimate of drug-likeness (QED) is 0.659. The first-order valence-electron chi connectivity index (χ1n) is 9.20. The van der Waals surface area contributed by atoms with Gasteiger partial charge in [0.2, 0.25) is 5.91 Å². The number of carbonyl (C=O) groups excluding carboxylic acids is 2. The van der Waals surface area contributed by atoms with E-state index in [-0.39, 0.29) is 18.9 Å². The zero-order chi connectivity index (χ0) is 21.2. The van der Waals surface area contributed by atoms with Crippen molar-refractivity contribution in [2.75, 3.05) is 6.54 Å². The molecule has 3 rings (SSSR count). The third kappa shape index (κ3) is 4.72. The first-order chi connectivity index (χ1) is 13.7. The molecular formula is C21H20ClF3N2O2. The first kappa shape index (κ1) is 21.2. The molecule has 0 saturated carbocycles. The van der Waals surface area contributed by atoms with Crippen LogP contribution in [0.5, 0.6) is 0 Å². The van der Waals surface area contributed by atoms with E-state index in [1.165, 1.54) is 4.90 Å². The Kier molecular flexibility index (Phi) is 6.17. The second kappa shape index (κ2) is 8.45. The van der Waals surface area contributed by atoms with Crippen LogP contribution in [-0.4, -0.2) is 29.4 Å². The number of fused-ring (bicyclic) bond motifs is 1. The molecule has 0 fully saturated rings. The Morgan fingerprint density at radius 3 is 2.55 bits per heavy atom. The van der Waals surface area contributed by atoms with Gasteiger partial charge in [0, 0.05) is 23.6 Å². The fraction of sp³-hybridized carbons (Fsp3) is 0.333. The number of hydrogen-bond donors (Lipinski definition) is 1. The normalized spacial score (nSPS) is 17.2. The zero-order valence-electron chi connectivity index (χ0n) is 15.7. The highest BCUT2D eigenvalue weighted by Gasteiger charge is 2.43. The second-order valence-corrected chi connectivity index (χ2v) is 7.38. The molecule has 0 bridgehead atoms. The van der Waals surface area contributed by atoms with Crippen molar-refractivity contribution in [1.82, 2.24) is 10.2 Å². The molecule has 154 valence electrons. The van der Waals surface area contributed by atoms with Crippen LogP contribution in [0.4, 0.5) is 13.2 Å². The molecule has 0 spiro atoms. The van der Waals surface area contributed by atoms with Crippen LogP contribution in [0, 0.1) is 0 Å². The lowest BCUT2D eigenvalue weighted by atomic mass is 10.0. The fourth-order valence-corrected chi connectivity index (χ4v) is 3.70. The van der Waals surface area contributed by atoms with Crippen LogP contribution >= 0.6 is 11.6 Å². The second-order valence-electron chi connectivity index (χ2n) is 6.94. The predicted molar refractivity (Wildman–Crippen MR) is 104 cm³/mol. The fourth-order valence-electron chi connectivity index (χ4n) is 3.52. The smallest absolute Gasteiger partial charge is 0.354 e. The molecule has 1 unspecified atom stereocenters. The van der Waals surface area contributed by atoms with Crippen molar-refractivity contribution < 1.29 is 22.8 Å². The van der Waals surface area contributed by atoms with Crippen LogP contribution < -0.4 is 5.32 Å². The van der Waals surface area contributed by atoms with Gasteiger partial charge in [-0.1, -0.05) is 41.9 Å². The number of benzene rings is 2. The monoisotopic (exact) mass is 424 g/mol. The average Bonchev–Trinajstić information content (AvgIpc) is 2.96. The van der Waals surface area contributed by atoms with Gasteiger partial charge in [-0.05, 0) is 42.7 Å². The maximum absolute atomic E-state index is 13.1. The van der Waals surface area contributed by atoms with Gasteiger partial charge in [-0.3, -0.25) is 9.59 Å². The molecule has 4 nitrogen and oxygen atoms in total. The summed E-state index contributed by atoms with van der Waals surface area (Å²) in [6, 6.07) is 12.6. The maximum Gasteiger partial charge on any atom is 0.389 e. The molecular weight excluding hydrogens is 405 g/mol. The number of nitrogens with zero attached hydrogens (tertiary/aromatic N) is 1. The van der Waals surface area contributed by atoms with Crippen LogP contribution in [0.1, 0.15) is 53.3 Å². The van der Waals surface area contributed by atoms with Gasteiger partial charge in [0.25, 0.3) is 5.91 Å². The number of carbonyl (C=O) groups is 2. The lowest BCUT2D eigenvalue weighted by molar-refractivity contribution is -0.136.